The predicted molar refractivity (Wildman–Crippen MR) is 56.8 cm³/mol. The molecule has 0 aromatic rings. The normalized spacial score (nSPS) is 27.4. The molecule has 0 aromatic carbocycles. The Morgan fingerprint density at radius 2 is 2.19 bits per heavy atom. The fourth-order valence-electron chi connectivity index (χ4n) is 1.91. The van der Waals surface area contributed by atoms with Crippen molar-refractivity contribution >= 4 is 11.8 Å². The molecule has 6 heteroatoms. The van der Waals surface area contributed by atoms with E-state index in [1.807, 2.05) is 0 Å². The summed E-state index contributed by atoms with van der Waals surface area (Å²) in [6, 6.07) is 0. The van der Waals surface area contributed by atoms with Crippen LogP contribution >= 0.6 is 0 Å². The lowest BCUT2D eigenvalue weighted by Gasteiger charge is -2.35. The van der Waals surface area contributed by atoms with Crippen LogP contribution in [0.15, 0.2) is 0 Å². The molecule has 1 atom stereocenters. The minimum Gasteiger partial charge on any atom is -0.374 e. The summed E-state index contributed by atoms with van der Waals surface area (Å²) in [5.74, 6) is -0.0142. The van der Waals surface area contributed by atoms with Gasteiger partial charge in [-0.1, -0.05) is 0 Å². The third-order valence-corrected chi connectivity index (χ3v) is 2.91. The maximum Gasteiger partial charge on any atom is 0.242 e. The van der Waals surface area contributed by atoms with Gasteiger partial charge in [0.25, 0.3) is 0 Å². The number of hydrogen-bond donors (Lipinski definition) is 1. The van der Waals surface area contributed by atoms with Crippen LogP contribution < -0.4 is 5.32 Å². The van der Waals surface area contributed by atoms with Gasteiger partial charge in [0.1, 0.15) is 0 Å². The van der Waals surface area contributed by atoms with Crippen LogP contribution in [-0.4, -0.2) is 74.1 Å². The summed E-state index contributed by atoms with van der Waals surface area (Å²) in [6.07, 6.45) is 0.00825. The molecule has 0 spiro atoms. The molecule has 0 saturated carbocycles. The quantitative estimate of drug-likeness (QED) is 0.609. The van der Waals surface area contributed by atoms with Gasteiger partial charge in [-0.3, -0.25) is 9.59 Å². The van der Waals surface area contributed by atoms with E-state index >= 15 is 0 Å². The molecule has 2 saturated heterocycles. The molecule has 2 aliphatic rings. The van der Waals surface area contributed by atoms with Crippen molar-refractivity contribution in [2.75, 3.05) is 46.4 Å². The lowest BCUT2D eigenvalue weighted by atomic mass is 10.2. The average Bonchev–Trinajstić information content (AvgIpc) is 2.27. The highest BCUT2D eigenvalue weighted by molar-refractivity contribution is 5.92. The summed E-state index contributed by atoms with van der Waals surface area (Å²) in [4.78, 5) is 26.2. The van der Waals surface area contributed by atoms with Gasteiger partial charge in [0, 0.05) is 26.7 Å². The Labute approximate surface area is 94.5 Å². The average molecular weight is 227 g/mol. The minimum absolute atomic E-state index is 0.00345. The van der Waals surface area contributed by atoms with Gasteiger partial charge in [0.05, 0.1) is 25.8 Å². The second-order valence-electron chi connectivity index (χ2n) is 4.22. The Morgan fingerprint density at radius 3 is 2.88 bits per heavy atom. The molecule has 2 rings (SSSR count). The van der Waals surface area contributed by atoms with E-state index in [2.05, 4.69) is 5.32 Å². The van der Waals surface area contributed by atoms with Crippen molar-refractivity contribution in [2.45, 2.75) is 6.10 Å². The first-order valence-electron chi connectivity index (χ1n) is 5.51. The molecule has 1 unspecified atom stereocenters. The van der Waals surface area contributed by atoms with Gasteiger partial charge in [-0.25, -0.2) is 0 Å². The predicted octanol–water partition coefficient (Wildman–Crippen LogP) is -1.72. The Kier molecular flexibility index (Phi) is 3.40. The number of likely N-dealkylation sites (N-methyl/N-ethyl adjacent to an activating group) is 1. The number of nitrogens with zero attached hydrogens (tertiary/aromatic N) is 2. The van der Waals surface area contributed by atoms with E-state index in [1.165, 1.54) is 4.90 Å². The molecule has 2 amide bonds. The van der Waals surface area contributed by atoms with Gasteiger partial charge in [0.15, 0.2) is 0 Å². The van der Waals surface area contributed by atoms with Crippen molar-refractivity contribution in [3.05, 3.63) is 0 Å². The van der Waals surface area contributed by atoms with Gasteiger partial charge in [0.2, 0.25) is 11.8 Å². The van der Waals surface area contributed by atoms with Crippen LogP contribution in [0.3, 0.4) is 0 Å². The maximum absolute atomic E-state index is 11.7. The highest BCUT2D eigenvalue weighted by atomic mass is 16.5. The van der Waals surface area contributed by atoms with Gasteiger partial charge in [-0.2, -0.15) is 0 Å². The molecule has 2 fully saturated rings. The van der Waals surface area contributed by atoms with Crippen molar-refractivity contribution in [1.82, 2.24) is 15.1 Å². The molecular formula is C10H17N3O3. The summed E-state index contributed by atoms with van der Waals surface area (Å²) >= 11 is 0. The van der Waals surface area contributed by atoms with E-state index in [1.54, 1.807) is 11.9 Å². The number of rotatable bonds is 2. The van der Waals surface area contributed by atoms with E-state index in [-0.39, 0.29) is 31.0 Å². The van der Waals surface area contributed by atoms with E-state index < -0.39 is 0 Å². The van der Waals surface area contributed by atoms with Crippen LogP contribution in [0.4, 0.5) is 0 Å². The van der Waals surface area contributed by atoms with E-state index in [4.69, 9.17) is 4.74 Å². The third kappa shape index (κ3) is 2.51. The first kappa shape index (κ1) is 11.3. The smallest absolute Gasteiger partial charge is 0.242 e. The monoisotopic (exact) mass is 227 g/mol. The van der Waals surface area contributed by atoms with E-state index in [0.29, 0.717) is 13.2 Å². The number of nitrogens with one attached hydrogen (secondary N) is 1. The number of amides is 2. The Bertz CT molecular complexity index is 289. The molecule has 6 nitrogen and oxygen atoms in total. The molecule has 2 aliphatic heterocycles. The topological polar surface area (TPSA) is 61.9 Å². The minimum atomic E-state index is -0.0108. The SMILES string of the molecule is CN1CC(=O)N(CC2CNCCO2)CC1=O. The fourth-order valence-corrected chi connectivity index (χ4v) is 1.91. The summed E-state index contributed by atoms with van der Waals surface area (Å²) in [5.41, 5.74) is 0. The zero-order valence-corrected chi connectivity index (χ0v) is 9.44. The van der Waals surface area contributed by atoms with Crippen molar-refractivity contribution < 1.29 is 14.3 Å². The van der Waals surface area contributed by atoms with Crippen LogP contribution in [0, 0.1) is 0 Å². The number of ether oxygens (including phenoxy) is 1. The van der Waals surface area contributed by atoms with Gasteiger partial charge in [-0.15, -0.1) is 0 Å². The molecular weight excluding hydrogens is 210 g/mol. The first-order valence-corrected chi connectivity index (χ1v) is 5.51. The van der Waals surface area contributed by atoms with E-state index in [9.17, 15) is 9.59 Å². The van der Waals surface area contributed by atoms with Crippen molar-refractivity contribution in [3.63, 3.8) is 0 Å². The molecule has 2 heterocycles. The highest BCUT2D eigenvalue weighted by Crippen LogP contribution is 2.06. The summed E-state index contributed by atoms with van der Waals surface area (Å²) in [6.45, 7) is 3.13. The molecule has 90 valence electrons. The van der Waals surface area contributed by atoms with Crippen LogP contribution in [0.25, 0.3) is 0 Å². The Balaban J connectivity index is 1.88. The number of carbonyl (C=O) groups excluding carboxylic acids is 2. The lowest BCUT2D eigenvalue weighted by Crippen LogP contribution is -2.56. The number of hydrogen-bond acceptors (Lipinski definition) is 4. The Hall–Kier alpha value is -1.14. The van der Waals surface area contributed by atoms with Crippen LogP contribution in [0.1, 0.15) is 0 Å². The van der Waals surface area contributed by atoms with Crippen molar-refractivity contribution in [3.8, 4) is 0 Å². The fraction of sp³-hybridized carbons (Fsp3) is 0.800. The molecule has 1 N–H and O–H groups in total. The maximum atomic E-state index is 11.7. The summed E-state index contributed by atoms with van der Waals surface area (Å²) in [7, 11) is 1.65. The largest absolute Gasteiger partial charge is 0.374 e. The first-order chi connectivity index (χ1) is 7.66. The van der Waals surface area contributed by atoms with Crippen molar-refractivity contribution in [2.24, 2.45) is 0 Å². The van der Waals surface area contributed by atoms with Crippen LogP contribution in [0.5, 0.6) is 0 Å². The van der Waals surface area contributed by atoms with Crippen molar-refractivity contribution in [1.29, 1.82) is 0 Å². The zero-order valence-electron chi connectivity index (χ0n) is 9.44. The number of morpholine rings is 1. The molecule has 0 bridgehead atoms. The van der Waals surface area contributed by atoms with Gasteiger partial charge in [-0.05, 0) is 0 Å². The second-order valence-corrected chi connectivity index (χ2v) is 4.22. The number of carbonyl (C=O) groups is 2. The lowest BCUT2D eigenvalue weighted by molar-refractivity contribution is -0.150. The summed E-state index contributed by atoms with van der Waals surface area (Å²) in [5, 5.41) is 3.20. The van der Waals surface area contributed by atoms with Crippen LogP contribution in [0.2, 0.25) is 0 Å². The second kappa shape index (κ2) is 4.80. The molecule has 0 aliphatic carbocycles. The molecule has 0 aromatic heterocycles. The summed E-state index contributed by atoms with van der Waals surface area (Å²) < 4.78 is 5.51. The third-order valence-electron chi connectivity index (χ3n) is 2.91. The Morgan fingerprint density at radius 1 is 1.38 bits per heavy atom. The van der Waals surface area contributed by atoms with E-state index in [0.717, 1.165) is 13.1 Å². The standard InChI is InChI=1S/C10H17N3O3/c1-12-6-10(15)13(7-9(12)14)5-8-4-11-2-3-16-8/h8,11H,2-7H2,1H3. The van der Waals surface area contributed by atoms with Gasteiger partial charge < -0.3 is 19.9 Å². The zero-order chi connectivity index (χ0) is 11.5. The molecule has 0 radical (unpaired) electrons. The van der Waals surface area contributed by atoms with Gasteiger partial charge >= 0.3 is 0 Å². The highest BCUT2D eigenvalue weighted by Gasteiger charge is 2.29. The van der Waals surface area contributed by atoms with Crippen LogP contribution in [-0.2, 0) is 14.3 Å². The number of piperazine rings is 1. The molecule has 16 heavy (non-hydrogen) atoms.